The van der Waals surface area contributed by atoms with Crippen LogP contribution in [0.15, 0.2) is 54.6 Å². The van der Waals surface area contributed by atoms with Crippen molar-refractivity contribution in [2.45, 2.75) is 69.5 Å². The molecular formula is C30H41N3O2. The maximum Gasteiger partial charge on any atom is 0.320 e. The predicted molar refractivity (Wildman–Crippen MR) is 140 cm³/mol. The van der Waals surface area contributed by atoms with E-state index in [0.717, 1.165) is 56.6 Å². The molecule has 3 aliphatic rings. The van der Waals surface area contributed by atoms with Gasteiger partial charge in [-0.2, -0.15) is 0 Å². The van der Waals surface area contributed by atoms with Crippen LogP contribution < -0.4 is 4.74 Å². The highest BCUT2D eigenvalue weighted by Crippen LogP contribution is 2.50. The minimum Gasteiger partial charge on any atom is -0.497 e. The van der Waals surface area contributed by atoms with Crippen LogP contribution in [0.1, 0.15) is 63.0 Å². The molecule has 0 N–H and O–H groups in total. The minimum atomic E-state index is -0.0571. The molecular weight excluding hydrogens is 434 g/mol. The SMILES string of the molecule is CCN(C)[C@]1(c2ccccc2)CC[C@]2(CC1)CN(Cc1cccc(OC)c1)C(=O)N2CC1CCC1. The average Bonchev–Trinajstić information content (AvgIpc) is 3.12. The topological polar surface area (TPSA) is 36.0 Å². The molecule has 2 aromatic rings. The van der Waals surface area contributed by atoms with E-state index in [-0.39, 0.29) is 17.1 Å². The summed E-state index contributed by atoms with van der Waals surface area (Å²) in [4.78, 5) is 20.8. The molecule has 1 spiro atoms. The standard InChI is InChI=1S/C30H41N3O2/c1-4-31(2)30(26-13-6-5-7-14-26)18-16-29(17-19-30)23-32(21-25-12-9-15-27(20-25)35-3)28(34)33(29)22-24-10-8-11-24/h5-7,9,12-15,20,24H,4,8,10-11,16-19,21-23H2,1-3H3/t29-,30+. The lowest BCUT2D eigenvalue weighted by atomic mass is 9.68. The van der Waals surface area contributed by atoms with Crippen molar-refractivity contribution in [3.63, 3.8) is 0 Å². The zero-order valence-corrected chi connectivity index (χ0v) is 21.7. The van der Waals surface area contributed by atoms with Gasteiger partial charge in [-0.05, 0) is 81.3 Å². The van der Waals surface area contributed by atoms with Crippen molar-refractivity contribution in [2.24, 2.45) is 5.92 Å². The normalized spacial score (nSPS) is 27.0. The van der Waals surface area contributed by atoms with E-state index in [9.17, 15) is 4.79 Å². The Morgan fingerprint density at radius 3 is 2.40 bits per heavy atom. The summed E-state index contributed by atoms with van der Waals surface area (Å²) in [7, 11) is 3.97. The van der Waals surface area contributed by atoms with Gasteiger partial charge in [-0.15, -0.1) is 0 Å². The molecule has 3 fully saturated rings. The Hall–Kier alpha value is -2.53. The lowest BCUT2D eigenvalue weighted by molar-refractivity contribution is 0.00699. The molecule has 35 heavy (non-hydrogen) atoms. The minimum absolute atomic E-state index is 0.0483. The van der Waals surface area contributed by atoms with Crippen LogP contribution in [0.4, 0.5) is 4.79 Å². The van der Waals surface area contributed by atoms with Gasteiger partial charge in [0.2, 0.25) is 0 Å². The van der Waals surface area contributed by atoms with Crippen LogP contribution >= 0.6 is 0 Å². The van der Waals surface area contributed by atoms with Crippen molar-refractivity contribution in [2.75, 3.05) is 33.8 Å². The summed E-state index contributed by atoms with van der Waals surface area (Å²) in [5, 5.41) is 0. The maximum atomic E-state index is 13.8. The van der Waals surface area contributed by atoms with E-state index in [1.807, 2.05) is 12.1 Å². The molecule has 0 aromatic heterocycles. The molecule has 0 unspecified atom stereocenters. The molecule has 1 heterocycles. The van der Waals surface area contributed by atoms with Crippen LogP contribution in [0.2, 0.25) is 0 Å². The number of carbonyl (C=O) groups excluding carboxylic acids is 1. The number of amides is 2. The van der Waals surface area contributed by atoms with Gasteiger partial charge in [0.1, 0.15) is 5.75 Å². The molecule has 188 valence electrons. The molecule has 5 heteroatoms. The zero-order valence-electron chi connectivity index (χ0n) is 21.7. The van der Waals surface area contributed by atoms with Gasteiger partial charge in [0.05, 0.1) is 12.6 Å². The predicted octanol–water partition coefficient (Wildman–Crippen LogP) is 5.89. The van der Waals surface area contributed by atoms with Gasteiger partial charge in [-0.3, -0.25) is 4.90 Å². The van der Waals surface area contributed by atoms with Gasteiger partial charge < -0.3 is 14.5 Å². The van der Waals surface area contributed by atoms with Crippen LogP contribution in [0.3, 0.4) is 0 Å². The third-order valence-electron chi connectivity index (χ3n) is 9.26. The number of ether oxygens (including phenoxy) is 1. The molecule has 5 nitrogen and oxygen atoms in total. The van der Waals surface area contributed by atoms with Crippen LogP contribution in [0.5, 0.6) is 5.75 Å². The molecule has 0 bridgehead atoms. The second-order valence-corrected chi connectivity index (χ2v) is 11.0. The molecule has 2 saturated carbocycles. The Bertz CT molecular complexity index is 1010. The Labute approximate surface area is 211 Å². The maximum absolute atomic E-state index is 13.8. The van der Waals surface area contributed by atoms with Crippen molar-refractivity contribution in [3.05, 3.63) is 65.7 Å². The zero-order chi connectivity index (χ0) is 24.5. The van der Waals surface area contributed by atoms with Gasteiger partial charge in [-0.1, -0.05) is 55.8 Å². The molecule has 0 radical (unpaired) electrons. The van der Waals surface area contributed by atoms with Crippen molar-refractivity contribution in [1.29, 1.82) is 0 Å². The van der Waals surface area contributed by atoms with E-state index in [1.54, 1.807) is 7.11 Å². The van der Waals surface area contributed by atoms with Crippen molar-refractivity contribution < 1.29 is 9.53 Å². The first-order valence-corrected chi connectivity index (χ1v) is 13.5. The summed E-state index contributed by atoms with van der Waals surface area (Å²) in [6.45, 7) is 5.69. The largest absolute Gasteiger partial charge is 0.497 e. The van der Waals surface area contributed by atoms with Crippen molar-refractivity contribution >= 4 is 6.03 Å². The second-order valence-electron chi connectivity index (χ2n) is 11.0. The number of nitrogens with zero attached hydrogens (tertiary/aromatic N) is 3. The van der Waals surface area contributed by atoms with Crippen LogP contribution in [-0.4, -0.2) is 60.1 Å². The van der Waals surface area contributed by atoms with Gasteiger partial charge in [0.15, 0.2) is 0 Å². The second kappa shape index (κ2) is 9.85. The summed E-state index contributed by atoms with van der Waals surface area (Å²) in [5.41, 5.74) is 2.55. The summed E-state index contributed by atoms with van der Waals surface area (Å²) in [6.07, 6.45) is 8.13. The average molecular weight is 476 g/mol. The Morgan fingerprint density at radius 2 is 1.77 bits per heavy atom. The van der Waals surface area contributed by atoms with Crippen LogP contribution in [0.25, 0.3) is 0 Å². The van der Waals surface area contributed by atoms with Gasteiger partial charge in [0, 0.05) is 25.2 Å². The third-order valence-corrected chi connectivity index (χ3v) is 9.26. The Balaban J connectivity index is 1.40. The summed E-state index contributed by atoms with van der Waals surface area (Å²) in [6, 6.07) is 19.4. The summed E-state index contributed by atoms with van der Waals surface area (Å²) >= 11 is 0. The van der Waals surface area contributed by atoms with E-state index in [4.69, 9.17) is 4.74 Å². The number of benzene rings is 2. The highest BCUT2D eigenvalue weighted by Gasteiger charge is 2.55. The lowest BCUT2D eigenvalue weighted by Crippen LogP contribution is -2.57. The van der Waals surface area contributed by atoms with Gasteiger partial charge >= 0.3 is 6.03 Å². The van der Waals surface area contributed by atoms with Crippen molar-refractivity contribution in [3.8, 4) is 5.75 Å². The van der Waals surface area contributed by atoms with Crippen LogP contribution in [0, 0.1) is 5.92 Å². The number of hydrogen-bond acceptors (Lipinski definition) is 3. The molecule has 1 saturated heterocycles. The Morgan fingerprint density at radius 1 is 1.03 bits per heavy atom. The highest BCUT2D eigenvalue weighted by atomic mass is 16.5. The van der Waals surface area contributed by atoms with E-state index in [1.165, 1.54) is 24.8 Å². The fourth-order valence-electron chi connectivity index (χ4n) is 6.70. The monoisotopic (exact) mass is 475 g/mol. The molecule has 2 aromatic carbocycles. The first-order valence-electron chi connectivity index (χ1n) is 13.5. The number of urea groups is 1. The van der Waals surface area contributed by atoms with Gasteiger partial charge in [-0.25, -0.2) is 4.79 Å². The van der Waals surface area contributed by atoms with E-state index in [0.29, 0.717) is 12.5 Å². The molecule has 5 rings (SSSR count). The molecule has 0 atom stereocenters. The lowest BCUT2D eigenvalue weighted by Gasteiger charge is -2.52. The first-order chi connectivity index (χ1) is 17.0. The number of methoxy groups -OCH3 is 1. The number of rotatable bonds is 8. The Kier molecular flexibility index (Phi) is 6.80. The molecule has 1 aliphatic heterocycles. The van der Waals surface area contributed by atoms with E-state index >= 15 is 0 Å². The van der Waals surface area contributed by atoms with Crippen LogP contribution in [-0.2, 0) is 12.1 Å². The third kappa shape index (κ3) is 4.44. The van der Waals surface area contributed by atoms with E-state index < -0.39 is 0 Å². The summed E-state index contributed by atoms with van der Waals surface area (Å²) < 4.78 is 5.43. The highest BCUT2D eigenvalue weighted by molar-refractivity contribution is 5.78. The first kappa shape index (κ1) is 24.2. The molecule has 2 aliphatic carbocycles. The quantitative estimate of drug-likeness (QED) is 0.477. The fourth-order valence-corrected chi connectivity index (χ4v) is 6.70. The number of carbonyl (C=O) groups is 1. The van der Waals surface area contributed by atoms with Gasteiger partial charge in [0.25, 0.3) is 0 Å². The number of hydrogen-bond donors (Lipinski definition) is 0. The van der Waals surface area contributed by atoms with E-state index in [2.05, 4.69) is 71.1 Å². The summed E-state index contributed by atoms with van der Waals surface area (Å²) in [5.74, 6) is 1.52. The smallest absolute Gasteiger partial charge is 0.320 e. The van der Waals surface area contributed by atoms with Crippen molar-refractivity contribution in [1.82, 2.24) is 14.7 Å². The molecule has 2 amide bonds. The fraction of sp³-hybridized carbons (Fsp3) is 0.567.